The number of aromatic nitrogens is 1. The number of benzene rings is 1. The van der Waals surface area contributed by atoms with Gasteiger partial charge in [0.2, 0.25) is 0 Å². The number of amides is 2. The van der Waals surface area contributed by atoms with Crippen LogP contribution in [-0.4, -0.2) is 24.7 Å². The number of nitrogens with zero attached hydrogens (tertiary/aromatic N) is 2. The second-order valence-corrected chi connectivity index (χ2v) is 6.32. The zero-order chi connectivity index (χ0) is 18.2. The fourth-order valence-corrected chi connectivity index (χ4v) is 3.05. The lowest BCUT2D eigenvalue weighted by Gasteiger charge is -2.20. The highest BCUT2D eigenvalue weighted by atomic mass is 79.9. The van der Waals surface area contributed by atoms with Crippen molar-refractivity contribution in [3.63, 3.8) is 0 Å². The molecule has 1 aliphatic rings. The van der Waals surface area contributed by atoms with E-state index in [0.29, 0.717) is 22.1 Å². The number of ether oxygens (including phenoxy) is 1. The summed E-state index contributed by atoms with van der Waals surface area (Å²) in [6.07, 6.45) is -1.11. The van der Waals surface area contributed by atoms with Crippen LogP contribution in [0.1, 0.15) is 11.1 Å². The van der Waals surface area contributed by atoms with Gasteiger partial charge in [-0.05, 0) is 46.1 Å². The lowest BCUT2D eigenvalue weighted by atomic mass is 10.1. The van der Waals surface area contributed by atoms with Crippen LogP contribution in [0.4, 0.5) is 29.3 Å². The second-order valence-electron chi connectivity index (χ2n) is 5.40. The fourth-order valence-electron chi connectivity index (χ4n) is 2.69. The zero-order valence-electron chi connectivity index (χ0n) is 13.0. The number of halogens is 4. The molecule has 0 atom stereocenters. The van der Waals surface area contributed by atoms with Gasteiger partial charge in [0, 0.05) is 22.9 Å². The van der Waals surface area contributed by atoms with Crippen molar-refractivity contribution in [3.8, 4) is 5.75 Å². The number of rotatable bonds is 2. The number of carbonyl (C=O) groups excluding carboxylic acids is 1. The number of nitrogens with one attached hydrogen (secondary N) is 1. The predicted octanol–water partition coefficient (Wildman–Crippen LogP) is 4.47. The van der Waals surface area contributed by atoms with Gasteiger partial charge in [-0.1, -0.05) is 0 Å². The highest BCUT2D eigenvalue weighted by molar-refractivity contribution is 9.10. The van der Waals surface area contributed by atoms with Gasteiger partial charge in [0.25, 0.3) is 0 Å². The Bertz CT molecular complexity index is 827. The molecule has 1 aromatic heterocycles. The van der Waals surface area contributed by atoms with Crippen molar-refractivity contribution in [1.82, 2.24) is 4.98 Å². The summed E-state index contributed by atoms with van der Waals surface area (Å²) in [6.45, 7) is 0.285. The molecule has 1 aliphatic heterocycles. The van der Waals surface area contributed by atoms with Crippen LogP contribution in [0.25, 0.3) is 0 Å². The van der Waals surface area contributed by atoms with E-state index in [2.05, 4.69) is 26.2 Å². The number of methoxy groups -OCH3 is 1. The van der Waals surface area contributed by atoms with Gasteiger partial charge < -0.3 is 10.1 Å². The Morgan fingerprint density at radius 2 is 2.08 bits per heavy atom. The Hall–Kier alpha value is -2.29. The standard InChI is InChI=1S/C16H13BrF3N3O2/c1-25-14-4-9-2-3-23(13(9)6-12(14)16(18,19)20)15(24)22-11-5-10(17)7-21-8-11/h4-8H,2-3H2,1H3,(H,22,24). The smallest absolute Gasteiger partial charge is 0.420 e. The van der Waals surface area contributed by atoms with Crippen LogP contribution in [0.15, 0.2) is 35.1 Å². The molecule has 0 saturated heterocycles. The average Bonchev–Trinajstić information content (AvgIpc) is 2.95. The maximum atomic E-state index is 13.2. The molecular weight excluding hydrogens is 403 g/mol. The van der Waals surface area contributed by atoms with Crippen LogP contribution >= 0.6 is 15.9 Å². The van der Waals surface area contributed by atoms with Gasteiger partial charge in [0.05, 0.1) is 24.6 Å². The minimum absolute atomic E-state index is 0.230. The fraction of sp³-hybridized carbons (Fsp3) is 0.250. The SMILES string of the molecule is COc1cc2c(cc1C(F)(F)F)N(C(=O)Nc1cncc(Br)c1)CC2. The molecule has 1 aromatic carbocycles. The molecule has 0 aliphatic carbocycles. The molecule has 2 heterocycles. The van der Waals surface area contributed by atoms with Crippen molar-refractivity contribution in [3.05, 3.63) is 46.2 Å². The van der Waals surface area contributed by atoms with E-state index in [1.165, 1.54) is 24.3 Å². The van der Waals surface area contributed by atoms with Crippen molar-refractivity contribution >= 4 is 33.3 Å². The first-order valence-electron chi connectivity index (χ1n) is 7.27. The number of pyridine rings is 1. The average molecular weight is 416 g/mol. The predicted molar refractivity (Wildman–Crippen MR) is 90.0 cm³/mol. The van der Waals surface area contributed by atoms with Gasteiger partial charge in [-0.15, -0.1) is 0 Å². The lowest BCUT2D eigenvalue weighted by Crippen LogP contribution is -2.33. The van der Waals surface area contributed by atoms with E-state index in [4.69, 9.17) is 4.74 Å². The quantitative estimate of drug-likeness (QED) is 0.787. The Kier molecular flexibility index (Phi) is 4.59. The van der Waals surface area contributed by atoms with Crippen LogP contribution < -0.4 is 15.0 Å². The van der Waals surface area contributed by atoms with Gasteiger partial charge in [0.15, 0.2) is 0 Å². The molecule has 9 heteroatoms. The Morgan fingerprint density at radius 3 is 2.72 bits per heavy atom. The van der Waals surface area contributed by atoms with Crippen molar-refractivity contribution in [2.45, 2.75) is 12.6 Å². The summed E-state index contributed by atoms with van der Waals surface area (Å²) in [4.78, 5) is 17.7. The van der Waals surface area contributed by atoms with Crippen molar-refractivity contribution in [2.24, 2.45) is 0 Å². The number of carbonyl (C=O) groups is 1. The Labute approximate surface area is 149 Å². The molecule has 0 unspecified atom stereocenters. The number of alkyl halides is 3. The summed E-state index contributed by atoms with van der Waals surface area (Å²) in [5, 5.41) is 2.63. The molecule has 3 rings (SSSR count). The summed E-state index contributed by atoms with van der Waals surface area (Å²) >= 11 is 3.24. The highest BCUT2D eigenvalue weighted by Gasteiger charge is 2.37. The molecule has 0 saturated carbocycles. The zero-order valence-corrected chi connectivity index (χ0v) is 14.6. The highest BCUT2D eigenvalue weighted by Crippen LogP contribution is 2.42. The van der Waals surface area contributed by atoms with E-state index in [9.17, 15) is 18.0 Å². The normalized spacial score (nSPS) is 13.6. The topological polar surface area (TPSA) is 54.5 Å². The van der Waals surface area contributed by atoms with Crippen LogP contribution in [0, 0.1) is 0 Å². The number of fused-ring (bicyclic) bond motifs is 1. The van der Waals surface area contributed by atoms with Crippen molar-refractivity contribution in [2.75, 3.05) is 23.9 Å². The second kappa shape index (κ2) is 6.55. The number of hydrogen-bond acceptors (Lipinski definition) is 3. The van der Waals surface area contributed by atoms with Crippen molar-refractivity contribution < 1.29 is 22.7 Å². The third-order valence-electron chi connectivity index (χ3n) is 3.80. The molecule has 2 amide bonds. The van der Waals surface area contributed by atoms with E-state index in [0.717, 1.165) is 6.07 Å². The largest absolute Gasteiger partial charge is 0.496 e. The summed E-state index contributed by atoms with van der Waals surface area (Å²) in [7, 11) is 1.19. The molecular formula is C16H13BrF3N3O2. The lowest BCUT2D eigenvalue weighted by molar-refractivity contribution is -0.138. The Morgan fingerprint density at radius 1 is 1.32 bits per heavy atom. The first kappa shape index (κ1) is 17.5. The molecule has 2 aromatic rings. The molecule has 132 valence electrons. The van der Waals surface area contributed by atoms with Gasteiger partial charge in [-0.2, -0.15) is 13.2 Å². The molecule has 0 spiro atoms. The summed E-state index contributed by atoms with van der Waals surface area (Å²) in [5.74, 6) is -0.246. The van der Waals surface area contributed by atoms with E-state index >= 15 is 0 Å². The first-order valence-corrected chi connectivity index (χ1v) is 8.06. The monoisotopic (exact) mass is 415 g/mol. The maximum Gasteiger partial charge on any atom is 0.420 e. The summed E-state index contributed by atoms with van der Waals surface area (Å²) in [6, 6.07) is 3.43. The van der Waals surface area contributed by atoms with Gasteiger partial charge in [0.1, 0.15) is 5.75 Å². The minimum Gasteiger partial charge on any atom is -0.496 e. The van der Waals surface area contributed by atoms with Gasteiger partial charge in [-0.25, -0.2) is 4.79 Å². The molecule has 25 heavy (non-hydrogen) atoms. The minimum atomic E-state index is -4.57. The van der Waals surface area contributed by atoms with Crippen LogP contribution in [-0.2, 0) is 12.6 Å². The van der Waals surface area contributed by atoms with Crippen LogP contribution in [0.5, 0.6) is 5.75 Å². The number of urea groups is 1. The van der Waals surface area contributed by atoms with Gasteiger partial charge in [-0.3, -0.25) is 9.88 Å². The summed E-state index contributed by atoms with van der Waals surface area (Å²) < 4.78 is 45.2. The molecule has 0 fully saturated rings. The van der Waals surface area contributed by atoms with E-state index in [1.807, 2.05) is 0 Å². The van der Waals surface area contributed by atoms with Crippen molar-refractivity contribution in [1.29, 1.82) is 0 Å². The molecule has 0 bridgehead atoms. The number of anilines is 2. The van der Waals surface area contributed by atoms with Crippen LogP contribution in [0.2, 0.25) is 0 Å². The van der Waals surface area contributed by atoms with E-state index < -0.39 is 17.8 Å². The third kappa shape index (κ3) is 3.55. The van der Waals surface area contributed by atoms with Gasteiger partial charge >= 0.3 is 12.2 Å². The molecule has 1 N–H and O–H groups in total. The van der Waals surface area contributed by atoms with E-state index in [-0.39, 0.29) is 18.0 Å². The molecule has 0 radical (unpaired) electrons. The third-order valence-corrected chi connectivity index (χ3v) is 4.24. The first-order chi connectivity index (χ1) is 11.8. The maximum absolute atomic E-state index is 13.2. The molecule has 5 nitrogen and oxygen atoms in total. The van der Waals surface area contributed by atoms with Crippen LogP contribution in [0.3, 0.4) is 0 Å². The van der Waals surface area contributed by atoms with E-state index in [1.54, 1.807) is 12.3 Å². The Balaban J connectivity index is 1.91. The summed E-state index contributed by atoms with van der Waals surface area (Å²) in [5.41, 5.74) is 0.399. The number of hydrogen-bond donors (Lipinski definition) is 1.